The third-order valence-corrected chi connectivity index (χ3v) is 4.80. The Hall–Kier alpha value is -0.220. The normalized spacial score (nSPS) is 10.6. The second-order valence-corrected chi connectivity index (χ2v) is 5.72. The van der Waals surface area contributed by atoms with Gasteiger partial charge in [-0.3, -0.25) is 0 Å². The lowest BCUT2D eigenvalue weighted by molar-refractivity contribution is 1.16. The number of thioether (sulfide) groups is 1. The van der Waals surface area contributed by atoms with Crippen molar-refractivity contribution in [2.45, 2.75) is 16.5 Å². The van der Waals surface area contributed by atoms with Gasteiger partial charge in [0.05, 0.1) is 22.3 Å². The van der Waals surface area contributed by atoms with Crippen molar-refractivity contribution in [2.75, 3.05) is 0 Å². The van der Waals surface area contributed by atoms with Crippen LogP contribution < -0.4 is 0 Å². The fraction of sp³-hybridized carbons (Fsp3) is 0.182. The Labute approximate surface area is 113 Å². The Bertz CT molecular complexity index is 471. The molecule has 0 radical (unpaired) electrons. The van der Waals surface area contributed by atoms with Crippen LogP contribution in [0.25, 0.3) is 0 Å². The zero-order valence-corrected chi connectivity index (χ0v) is 11.5. The van der Waals surface area contributed by atoms with E-state index in [0.29, 0.717) is 5.88 Å². The van der Waals surface area contributed by atoms with Gasteiger partial charge in [-0.2, -0.15) is 0 Å². The van der Waals surface area contributed by atoms with Gasteiger partial charge in [0.15, 0.2) is 0 Å². The van der Waals surface area contributed by atoms with E-state index in [9.17, 15) is 0 Å². The first-order valence-corrected chi connectivity index (χ1v) is 7.44. The molecule has 0 saturated heterocycles. The molecule has 0 atom stereocenters. The molecule has 0 bridgehead atoms. The van der Waals surface area contributed by atoms with Gasteiger partial charge in [0.25, 0.3) is 0 Å². The van der Waals surface area contributed by atoms with Crippen LogP contribution in [0.2, 0.25) is 5.02 Å². The molecule has 1 heterocycles. The van der Waals surface area contributed by atoms with Gasteiger partial charge in [0.1, 0.15) is 5.01 Å². The Balaban J connectivity index is 1.99. The zero-order chi connectivity index (χ0) is 11.4. The van der Waals surface area contributed by atoms with E-state index in [2.05, 4.69) is 4.98 Å². The first kappa shape index (κ1) is 12.2. The van der Waals surface area contributed by atoms with Crippen LogP contribution in [0.5, 0.6) is 0 Å². The third kappa shape index (κ3) is 3.14. The summed E-state index contributed by atoms with van der Waals surface area (Å²) in [6, 6.07) is 7.83. The largest absolute Gasteiger partial charge is 0.244 e. The molecule has 1 aromatic carbocycles. The van der Waals surface area contributed by atoms with Gasteiger partial charge < -0.3 is 0 Å². The average Bonchev–Trinajstić information content (AvgIpc) is 2.76. The molecule has 0 spiro atoms. The number of aromatic nitrogens is 1. The van der Waals surface area contributed by atoms with E-state index in [1.54, 1.807) is 23.1 Å². The molecule has 0 saturated carbocycles. The van der Waals surface area contributed by atoms with Gasteiger partial charge in [-0.1, -0.05) is 23.7 Å². The number of nitrogens with zero attached hydrogens (tertiary/aromatic N) is 1. The van der Waals surface area contributed by atoms with Gasteiger partial charge in [-0.05, 0) is 12.1 Å². The second kappa shape index (κ2) is 5.92. The number of alkyl halides is 1. The molecule has 1 aromatic heterocycles. The van der Waals surface area contributed by atoms with E-state index in [4.69, 9.17) is 23.2 Å². The minimum atomic E-state index is 0.479. The van der Waals surface area contributed by atoms with Crippen molar-refractivity contribution in [3.05, 3.63) is 45.4 Å². The molecule has 84 valence electrons. The van der Waals surface area contributed by atoms with Crippen LogP contribution in [0.3, 0.4) is 0 Å². The summed E-state index contributed by atoms with van der Waals surface area (Å²) in [6.07, 6.45) is 0. The van der Waals surface area contributed by atoms with E-state index in [1.165, 1.54) is 0 Å². The highest BCUT2D eigenvalue weighted by Gasteiger charge is 2.04. The fourth-order valence-electron chi connectivity index (χ4n) is 1.18. The molecule has 0 aliphatic carbocycles. The lowest BCUT2D eigenvalue weighted by Crippen LogP contribution is -1.82. The molecule has 1 nitrogen and oxygen atoms in total. The van der Waals surface area contributed by atoms with Gasteiger partial charge in [-0.25, -0.2) is 4.98 Å². The van der Waals surface area contributed by atoms with Crippen molar-refractivity contribution in [2.24, 2.45) is 0 Å². The lowest BCUT2D eigenvalue weighted by Gasteiger charge is -2.01. The lowest BCUT2D eigenvalue weighted by atomic mass is 10.4. The van der Waals surface area contributed by atoms with Crippen molar-refractivity contribution in [1.82, 2.24) is 4.98 Å². The predicted molar refractivity (Wildman–Crippen MR) is 72.7 cm³/mol. The van der Waals surface area contributed by atoms with Crippen molar-refractivity contribution in [3.63, 3.8) is 0 Å². The van der Waals surface area contributed by atoms with E-state index in [0.717, 1.165) is 26.4 Å². The summed E-state index contributed by atoms with van der Waals surface area (Å²) in [5, 5.41) is 3.87. The summed E-state index contributed by atoms with van der Waals surface area (Å²) in [5.74, 6) is 1.32. The average molecular weight is 290 g/mol. The molecule has 0 amide bonds. The fourth-order valence-corrected chi connectivity index (χ4v) is 3.46. The van der Waals surface area contributed by atoms with E-state index >= 15 is 0 Å². The van der Waals surface area contributed by atoms with Crippen molar-refractivity contribution in [1.29, 1.82) is 0 Å². The van der Waals surface area contributed by atoms with E-state index in [1.807, 2.05) is 29.6 Å². The smallest absolute Gasteiger partial charge is 0.103 e. The van der Waals surface area contributed by atoms with Crippen LogP contribution in [-0.2, 0) is 11.6 Å². The Morgan fingerprint density at radius 1 is 1.31 bits per heavy atom. The van der Waals surface area contributed by atoms with Crippen LogP contribution >= 0.6 is 46.3 Å². The van der Waals surface area contributed by atoms with Gasteiger partial charge in [-0.15, -0.1) is 34.7 Å². The molecule has 0 aliphatic heterocycles. The number of benzene rings is 1. The number of hydrogen-bond acceptors (Lipinski definition) is 3. The molecule has 0 fully saturated rings. The minimum absolute atomic E-state index is 0.479. The highest BCUT2D eigenvalue weighted by Crippen LogP contribution is 2.30. The second-order valence-electron chi connectivity index (χ2n) is 3.09. The summed E-state index contributed by atoms with van der Waals surface area (Å²) in [4.78, 5) is 5.49. The van der Waals surface area contributed by atoms with Crippen molar-refractivity contribution in [3.8, 4) is 0 Å². The Morgan fingerprint density at radius 3 is 2.81 bits per heavy atom. The molecular weight excluding hydrogens is 281 g/mol. The molecule has 2 aromatic rings. The maximum absolute atomic E-state index is 6.06. The molecule has 0 N–H and O–H groups in total. The number of hydrogen-bond donors (Lipinski definition) is 0. The molecule has 16 heavy (non-hydrogen) atoms. The molecule has 2 rings (SSSR count). The molecule has 5 heteroatoms. The number of thiazole rings is 1. The van der Waals surface area contributed by atoms with Gasteiger partial charge in [0.2, 0.25) is 0 Å². The third-order valence-electron chi connectivity index (χ3n) is 1.92. The summed E-state index contributed by atoms with van der Waals surface area (Å²) in [5.41, 5.74) is 0.946. The highest BCUT2D eigenvalue weighted by molar-refractivity contribution is 7.98. The Morgan fingerprint density at radius 2 is 2.12 bits per heavy atom. The highest BCUT2D eigenvalue weighted by atomic mass is 35.5. The number of rotatable bonds is 4. The van der Waals surface area contributed by atoms with Crippen LogP contribution in [0.15, 0.2) is 34.5 Å². The van der Waals surface area contributed by atoms with Crippen LogP contribution in [-0.4, -0.2) is 4.98 Å². The van der Waals surface area contributed by atoms with Gasteiger partial charge in [0, 0.05) is 10.3 Å². The zero-order valence-electron chi connectivity index (χ0n) is 8.32. The maximum atomic E-state index is 6.06. The van der Waals surface area contributed by atoms with Crippen molar-refractivity contribution >= 4 is 46.3 Å². The first-order chi connectivity index (χ1) is 7.79. The van der Waals surface area contributed by atoms with Crippen molar-refractivity contribution < 1.29 is 0 Å². The SMILES string of the molecule is ClCc1csc(CSc2ccccc2Cl)n1. The minimum Gasteiger partial charge on any atom is -0.244 e. The topological polar surface area (TPSA) is 12.9 Å². The molecule has 0 unspecified atom stereocenters. The monoisotopic (exact) mass is 289 g/mol. The van der Waals surface area contributed by atoms with E-state index in [-0.39, 0.29) is 0 Å². The Kier molecular flexibility index (Phi) is 4.53. The summed E-state index contributed by atoms with van der Waals surface area (Å²) < 4.78 is 0. The summed E-state index contributed by atoms with van der Waals surface area (Å²) in [6.45, 7) is 0. The maximum Gasteiger partial charge on any atom is 0.103 e. The standard InChI is InChI=1S/C11H9Cl2NS2/c12-5-8-6-16-11(14-8)7-15-10-4-2-1-3-9(10)13/h1-4,6H,5,7H2. The number of halogens is 2. The summed E-state index contributed by atoms with van der Waals surface area (Å²) >= 11 is 15.1. The van der Waals surface area contributed by atoms with Gasteiger partial charge >= 0.3 is 0 Å². The summed E-state index contributed by atoms with van der Waals surface area (Å²) in [7, 11) is 0. The molecular formula is C11H9Cl2NS2. The predicted octanol–water partition coefficient (Wildman–Crippen LogP) is 4.83. The first-order valence-electron chi connectivity index (χ1n) is 4.66. The van der Waals surface area contributed by atoms with Crippen LogP contribution in [0, 0.1) is 0 Å². The van der Waals surface area contributed by atoms with Crippen LogP contribution in [0.4, 0.5) is 0 Å². The van der Waals surface area contributed by atoms with E-state index < -0.39 is 0 Å². The van der Waals surface area contributed by atoms with Crippen LogP contribution in [0.1, 0.15) is 10.7 Å². The quantitative estimate of drug-likeness (QED) is 0.591. The molecule has 0 aliphatic rings.